The summed E-state index contributed by atoms with van der Waals surface area (Å²) >= 11 is 6.07. The van der Waals surface area contributed by atoms with Gasteiger partial charge in [-0.2, -0.15) is 0 Å². The second-order valence-electron chi connectivity index (χ2n) is 4.97. The van der Waals surface area contributed by atoms with Crippen LogP contribution < -0.4 is 5.32 Å². The molecular formula is C13H18ClNO. The Hall–Kier alpha value is -1.02. The highest BCUT2D eigenvalue weighted by atomic mass is 35.5. The number of rotatable bonds is 2. The summed E-state index contributed by atoms with van der Waals surface area (Å²) in [6.07, 6.45) is 0. The number of hydrogen-bond acceptors (Lipinski definition) is 1. The molecule has 0 heterocycles. The summed E-state index contributed by atoms with van der Waals surface area (Å²) in [7, 11) is 0. The normalized spacial score (nSPS) is 13.3. The molecule has 1 atom stereocenters. The van der Waals surface area contributed by atoms with Crippen molar-refractivity contribution < 1.29 is 4.79 Å². The molecule has 1 aromatic rings. The standard InChI is InChI=1S/C13H18ClNO/c1-9(15-12(16)13(2,3)4)10-7-5-6-8-11(10)14/h5-9H,1-4H3,(H,15,16). The van der Waals surface area contributed by atoms with Gasteiger partial charge in [0.05, 0.1) is 6.04 Å². The van der Waals surface area contributed by atoms with Crippen molar-refractivity contribution in [2.24, 2.45) is 5.41 Å². The number of carbonyl (C=O) groups is 1. The second kappa shape index (κ2) is 4.88. The average Bonchev–Trinajstić information content (AvgIpc) is 2.16. The van der Waals surface area contributed by atoms with E-state index >= 15 is 0 Å². The maximum Gasteiger partial charge on any atom is 0.225 e. The molecule has 1 amide bonds. The minimum absolute atomic E-state index is 0.0277. The van der Waals surface area contributed by atoms with Gasteiger partial charge in [0, 0.05) is 10.4 Å². The summed E-state index contributed by atoms with van der Waals surface area (Å²) in [6.45, 7) is 7.61. The Labute approximate surface area is 102 Å². The van der Waals surface area contributed by atoms with Crippen LogP contribution in [0, 0.1) is 5.41 Å². The van der Waals surface area contributed by atoms with Crippen LogP contribution in [0.3, 0.4) is 0 Å². The summed E-state index contributed by atoms with van der Waals surface area (Å²) in [5, 5.41) is 3.64. The van der Waals surface area contributed by atoms with Crippen molar-refractivity contribution in [1.82, 2.24) is 5.32 Å². The minimum atomic E-state index is -0.379. The summed E-state index contributed by atoms with van der Waals surface area (Å²) in [5.74, 6) is 0.0277. The zero-order chi connectivity index (χ0) is 12.3. The van der Waals surface area contributed by atoms with Gasteiger partial charge >= 0.3 is 0 Å². The summed E-state index contributed by atoms with van der Waals surface area (Å²) in [4.78, 5) is 11.8. The molecule has 0 fully saturated rings. The molecule has 0 aliphatic carbocycles. The third-order valence-corrected chi connectivity index (χ3v) is 2.74. The molecule has 0 bridgehead atoms. The summed E-state index contributed by atoms with van der Waals surface area (Å²) < 4.78 is 0. The fraction of sp³-hybridized carbons (Fsp3) is 0.462. The van der Waals surface area contributed by atoms with Crippen molar-refractivity contribution in [3.8, 4) is 0 Å². The van der Waals surface area contributed by atoms with Crippen LogP contribution in [0.25, 0.3) is 0 Å². The van der Waals surface area contributed by atoms with Gasteiger partial charge in [-0.25, -0.2) is 0 Å². The molecule has 16 heavy (non-hydrogen) atoms. The van der Waals surface area contributed by atoms with Crippen molar-refractivity contribution in [2.75, 3.05) is 0 Å². The number of hydrogen-bond donors (Lipinski definition) is 1. The molecule has 0 saturated heterocycles. The third kappa shape index (κ3) is 3.24. The van der Waals surface area contributed by atoms with Crippen molar-refractivity contribution in [3.63, 3.8) is 0 Å². The van der Waals surface area contributed by atoms with Gasteiger partial charge in [0.25, 0.3) is 0 Å². The molecule has 0 radical (unpaired) electrons. The van der Waals surface area contributed by atoms with Gasteiger partial charge in [0.15, 0.2) is 0 Å². The Morgan fingerprint density at radius 3 is 2.38 bits per heavy atom. The number of halogens is 1. The molecule has 3 heteroatoms. The molecule has 88 valence electrons. The van der Waals surface area contributed by atoms with Crippen molar-refractivity contribution in [1.29, 1.82) is 0 Å². The van der Waals surface area contributed by atoms with Crippen LogP contribution >= 0.6 is 11.6 Å². The van der Waals surface area contributed by atoms with Crippen molar-refractivity contribution in [2.45, 2.75) is 33.7 Å². The second-order valence-corrected chi connectivity index (χ2v) is 5.37. The van der Waals surface area contributed by atoms with Crippen LogP contribution in [0.5, 0.6) is 0 Å². The zero-order valence-corrected chi connectivity index (χ0v) is 10.9. The van der Waals surface area contributed by atoms with Crippen molar-refractivity contribution >= 4 is 17.5 Å². The lowest BCUT2D eigenvalue weighted by atomic mass is 9.94. The maximum atomic E-state index is 11.8. The predicted octanol–water partition coefficient (Wildman–Crippen LogP) is 3.56. The SMILES string of the molecule is CC(NC(=O)C(C)(C)C)c1ccccc1Cl. The first kappa shape index (κ1) is 13.0. The highest BCUT2D eigenvalue weighted by Gasteiger charge is 2.23. The summed E-state index contributed by atoms with van der Waals surface area (Å²) in [6, 6.07) is 7.48. The first-order chi connectivity index (χ1) is 7.32. The Bertz CT molecular complexity index is 382. The van der Waals surface area contributed by atoms with Gasteiger partial charge in [-0.15, -0.1) is 0 Å². The number of nitrogens with one attached hydrogen (secondary N) is 1. The number of benzene rings is 1. The van der Waals surface area contributed by atoms with Crippen LogP contribution in [-0.4, -0.2) is 5.91 Å². The van der Waals surface area contributed by atoms with Crippen LogP contribution in [0.1, 0.15) is 39.3 Å². The molecular weight excluding hydrogens is 222 g/mol. The number of amides is 1. The molecule has 1 aromatic carbocycles. The van der Waals surface area contributed by atoms with Gasteiger partial charge in [-0.05, 0) is 18.6 Å². The highest BCUT2D eigenvalue weighted by molar-refractivity contribution is 6.31. The average molecular weight is 240 g/mol. The smallest absolute Gasteiger partial charge is 0.225 e. The van der Waals surface area contributed by atoms with E-state index < -0.39 is 0 Å². The molecule has 0 saturated carbocycles. The van der Waals surface area contributed by atoms with Crippen LogP contribution in [0.2, 0.25) is 5.02 Å². The van der Waals surface area contributed by atoms with Crippen molar-refractivity contribution in [3.05, 3.63) is 34.9 Å². The van der Waals surface area contributed by atoms with E-state index in [1.807, 2.05) is 52.0 Å². The van der Waals surface area contributed by atoms with E-state index in [4.69, 9.17) is 11.6 Å². The quantitative estimate of drug-likeness (QED) is 0.840. The lowest BCUT2D eigenvalue weighted by molar-refractivity contribution is -0.129. The minimum Gasteiger partial charge on any atom is -0.349 e. The Kier molecular flexibility index (Phi) is 3.98. The van der Waals surface area contributed by atoms with E-state index in [1.54, 1.807) is 0 Å². The molecule has 0 aliphatic rings. The summed E-state index contributed by atoms with van der Waals surface area (Å²) in [5.41, 5.74) is 0.567. The Balaban J connectivity index is 2.78. The zero-order valence-electron chi connectivity index (χ0n) is 10.2. The highest BCUT2D eigenvalue weighted by Crippen LogP contribution is 2.23. The van der Waals surface area contributed by atoms with Gasteiger partial charge in [0.1, 0.15) is 0 Å². The van der Waals surface area contributed by atoms with Gasteiger partial charge in [-0.3, -0.25) is 4.79 Å². The molecule has 2 nitrogen and oxygen atoms in total. The fourth-order valence-electron chi connectivity index (χ4n) is 1.32. The first-order valence-electron chi connectivity index (χ1n) is 5.38. The van der Waals surface area contributed by atoms with Crippen LogP contribution in [0.15, 0.2) is 24.3 Å². The lowest BCUT2D eigenvalue weighted by Gasteiger charge is -2.22. The maximum absolute atomic E-state index is 11.8. The number of carbonyl (C=O) groups excluding carboxylic acids is 1. The van der Waals surface area contributed by atoms with E-state index in [2.05, 4.69) is 5.32 Å². The van der Waals surface area contributed by atoms with E-state index in [1.165, 1.54) is 0 Å². The molecule has 1 rings (SSSR count). The first-order valence-corrected chi connectivity index (χ1v) is 5.75. The Morgan fingerprint density at radius 1 is 1.31 bits per heavy atom. The van der Waals surface area contributed by atoms with Crippen LogP contribution in [-0.2, 0) is 4.79 Å². The molecule has 1 N–H and O–H groups in total. The Morgan fingerprint density at radius 2 is 1.88 bits per heavy atom. The lowest BCUT2D eigenvalue weighted by Crippen LogP contribution is -2.36. The monoisotopic (exact) mass is 239 g/mol. The van der Waals surface area contributed by atoms with E-state index in [0.29, 0.717) is 5.02 Å². The topological polar surface area (TPSA) is 29.1 Å². The molecule has 0 aromatic heterocycles. The van der Waals surface area contributed by atoms with E-state index in [0.717, 1.165) is 5.56 Å². The predicted molar refractivity (Wildman–Crippen MR) is 67.5 cm³/mol. The molecule has 1 unspecified atom stereocenters. The largest absolute Gasteiger partial charge is 0.349 e. The molecule has 0 spiro atoms. The fourth-order valence-corrected chi connectivity index (χ4v) is 1.62. The van der Waals surface area contributed by atoms with E-state index in [9.17, 15) is 4.79 Å². The third-order valence-electron chi connectivity index (χ3n) is 2.40. The molecule has 0 aliphatic heterocycles. The van der Waals surface area contributed by atoms with Crippen LogP contribution in [0.4, 0.5) is 0 Å². The van der Waals surface area contributed by atoms with E-state index in [-0.39, 0.29) is 17.4 Å². The van der Waals surface area contributed by atoms with Gasteiger partial charge < -0.3 is 5.32 Å². The van der Waals surface area contributed by atoms with Gasteiger partial charge in [-0.1, -0.05) is 50.6 Å². The van der Waals surface area contributed by atoms with Gasteiger partial charge in [0.2, 0.25) is 5.91 Å².